The van der Waals surface area contributed by atoms with Crippen molar-refractivity contribution in [2.45, 2.75) is 25.9 Å². The van der Waals surface area contributed by atoms with Gasteiger partial charge >= 0.3 is 0 Å². The predicted molar refractivity (Wildman–Crippen MR) is 46.3 cm³/mol. The first-order valence-electron chi connectivity index (χ1n) is 4.62. The normalized spacial score (nSPS) is 20.5. The molecule has 0 aromatic heterocycles. The molecule has 3 nitrogen and oxygen atoms in total. The second kappa shape index (κ2) is 4.80. The lowest BCUT2D eigenvalue weighted by molar-refractivity contribution is -0.206. The van der Waals surface area contributed by atoms with Crippen LogP contribution in [0.1, 0.15) is 20.3 Å². The van der Waals surface area contributed by atoms with Crippen LogP contribution < -0.4 is 0 Å². The molecule has 1 aliphatic heterocycles. The van der Waals surface area contributed by atoms with Crippen LogP contribution in [0.5, 0.6) is 0 Å². The van der Waals surface area contributed by atoms with E-state index in [9.17, 15) is 0 Å². The van der Waals surface area contributed by atoms with Gasteiger partial charge in [-0.25, -0.2) is 0 Å². The van der Waals surface area contributed by atoms with Crippen molar-refractivity contribution >= 4 is 0 Å². The Kier molecular flexibility index (Phi) is 3.98. The fraction of sp³-hybridized carbons (Fsp3) is 1.00. The third kappa shape index (κ3) is 2.44. The summed E-state index contributed by atoms with van der Waals surface area (Å²) in [4.78, 5) is 0. The van der Waals surface area contributed by atoms with E-state index < -0.39 is 0 Å². The summed E-state index contributed by atoms with van der Waals surface area (Å²) in [5.41, 5.74) is -0.119. The van der Waals surface area contributed by atoms with E-state index in [4.69, 9.17) is 14.2 Å². The van der Waals surface area contributed by atoms with Crippen molar-refractivity contribution in [3.8, 4) is 0 Å². The molecule has 1 aliphatic rings. The molecule has 1 heterocycles. The summed E-state index contributed by atoms with van der Waals surface area (Å²) >= 11 is 0. The summed E-state index contributed by atoms with van der Waals surface area (Å²) in [6, 6.07) is 0. The Hall–Kier alpha value is -0.120. The molecule has 0 aromatic carbocycles. The second-order valence-electron chi connectivity index (χ2n) is 3.06. The van der Waals surface area contributed by atoms with E-state index in [1.807, 2.05) is 13.8 Å². The van der Waals surface area contributed by atoms with Gasteiger partial charge in [0, 0.05) is 19.6 Å². The maximum atomic E-state index is 5.47. The smallest absolute Gasteiger partial charge is 0.117 e. The maximum Gasteiger partial charge on any atom is 0.117 e. The largest absolute Gasteiger partial charge is 0.379 e. The van der Waals surface area contributed by atoms with Crippen LogP contribution in [0.2, 0.25) is 0 Å². The Labute approximate surface area is 74.0 Å². The number of rotatable bonds is 6. The third-order valence-electron chi connectivity index (χ3n) is 2.10. The molecule has 0 aliphatic carbocycles. The average Bonchev–Trinajstić information content (AvgIpc) is 2.02. The van der Waals surface area contributed by atoms with Crippen LogP contribution in [0.15, 0.2) is 0 Å². The van der Waals surface area contributed by atoms with Crippen LogP contribution in [0.25, 0.3) is 0 Å². The van der Waals surface area contributed by atoms with Crippen molar-refractivity contribution in [1.82, 2.24) is 0 Å². The second-order valence-corrected chi connectivity index (χ2v) is 3.06. The van der Waals surface area contributed by atoms with Crippen molar-refractivity contribution < 1.29 is 14.2 Å². The quantitative estimate of drug-likeness (QED) is 0.606. The van der Waals surface area contributed by atoms with Crippen LogP contribution in [0.4, 0.5) is 0 Å². The highest BCUT2D eigenvalue weighted by Crippen LogP contribution is 2.27. The van der Waals surface area contributed by atoms with Crippen LogP contribution >= 0.6 is 0 Å². The highest BCUT2D eigenvalue weighted by atomic mass is 16.6. The van der Waals surface area contributed by atoms with E-state index in [2.05, 4.69) is 0 Å². The number of ether oxygens (including phenoxy) is 3. The van der Waals surface area contributed by atoms with E-state index in [1.54, 1.807) is 0 Å². The third-order valence-corrected chi connectivity index (χ3v) is 2.10. The summed E-state index contributed by atoms with van der Waals surface area (Å²) in [6.07, 6.45) is 1.06. The molecule has 0 aromatic rings. The molecule has 0 unspecified atom stereocenters. The molecule has 0 atom stereocenters. The van der Waals surface area contributed by atoms with Gasteiger partial charge in [0.2, 0.25) is 0 Å². The summed E-state index contributed by atoms with van der Waals surface area (Å²) in [7, 11) is 0. The molecule has 1 rings (SSSR count). The van der Waals surface area contributed by atoms with E-state index in [1.165, 1.54) is 0 Å². The zero-order chi connectivity index (χ0) is 8.86. The van der Waals surface area contributed by atoms with Crippen LogP contribution in [-0.4, -0.2) is 38.6 Å². The fourth-order valence-corrected chi connectivity index (χ4v) is 1.24. The molecule has 0 spiro atoms. The molecule has 3 heteroatoms. The van der Waals surface area contributed by atoms with Gasteiger partial charge in [-0.05, 0) is 13.8 Å². The van der Waals surface area contributed by atoms with E-state index in [-0.39, 0.29) is 5.60 Å². The van der Waals surface area contributed by atoms with Crippen molar-refractivity contribution in [1.29, 1.82) is 0 Å². The fourth-order valence-electron chi connectivity index (χ4n) is 1.24. The summed E-state index contributed by atoms with van der Waals surface area (Å²) in [5, 5.41) is 0. The lowest BCUT2D eigenvalue weighted by Crippen LogP contribution is -2.51. The van der Waals surface area contributed by atoms with Crippen molar-refractivity contribution in [3.05, 3.63) is 0 Å². The van der Waals surface area contributed by atoms with E-state index >= 15 is 0 Å². The SMILES string of the molecule is CCOCC1(COCC)CCO1. The monoisotopic (exact) mass is 174 g/mol. The minimum atomic E-state index is -0.119. The van der Waals surface area contributed by atoms with Crippen molar-refractivity contribution in [2.24, 2.45) is 0 Å². The van der Waals surface area contributed by atoms with Gasteiger partial charge < -0.3 is 14.2 Å². The van der Waals surface area contributed by atoms with Gasteiger partial charge in [0.15, 0.2) is 0 Å². The zero-order valence-electron chi connectivity index (χ0n) is 7.97. The Morgan fingerprint density at radius 2 is 1.67 bits per heavy atom. The van der Waals surface area contributed by atoms with Crippen LogP contribution in [0.3, 0.4) is 0 Å². The van der Waals surface area contributed by atoms with Gasteiger partial charge in [0.1, 0.15) is 5.60 Å². The maximum absolute atomic E-state index is 5.47. The molecule has 0 saturated carbocycles. The van der Waals surface area contributed by atoms with Gasteiger partial charge in [-0.15, -0.1) is 0 Å². The van der Waals surface area contributed by atoms with Crippen LogP contribution in [-0.2, 0) is 14.2 Å². The first-order valence-corrected chi connectivity index (χ1v) is 4.62. The van der Waals surface area contributed by atoms with Crippen LogP contribution in [0, 0.1) is 0 Å². The summed E-state index contributed by atoms with van der Waals surface area (Å²) in [6.45, 7) is 7.67. The number of hydrogen-bond donors (Lipinski definition) is 0. The van der Waals surface area contributed by atoms with E-state index in [0.717, 1.165) is 26.2 Å². The Morgan fingerprint density at radius 1 is 1.17 bits per heavy atom. The van der Waals surface area contributed by atoms with E-state index in [0.29, 0.717) is 13.2 Å². The first kappa shape index (κ1) is 9.96. The average molecular weight is 174 g/mol. The molecule has 12 heavy (non-hydrogen) atoms. The Morgan fingerprint density at radius 3 is 1.92 bits per heavy atom. The highest BCUT2D eigenvalue weighted by molar-refractivity contribution is 4.87. The van der Waals surface area contributed by atoms with Gasteiger partial charge in [-0.1, -0.05) is 0 Å². The summed E-state index contributed by atoms with van der Waals surface area (Å²) < 4.78 is 16.1. The minimum absolute atomic E-state index is 0.119. The van der Waals surface area contributed by atoms with Gasteiger partial charge in [0.05, 0.1) is 19.8 Å². The molecule has 0 N–H and O–H groups in total. The minimum Gasteiger partial charge on any atom is -0.379 e. The molecule has 1 saturated heterocycles. The Bertz CT molecular complexity index is 111. The Balaban J connectivity index is 2.19. The van der Waals surface area contributed by atoms with Gasteiger partial charge in [0.25, 0.3) is 0 Å². The molecule has 0 amide bonds. The standard InChI is InChI=1S/C9H18O3/c1-3-10-7-9(5-6-12-9)8-11-4-2/h3-8H2,1-2H3. The van der Waals surface area contributed by atoms with Crippen molar-refractivity contribution in [2.75, 3.05) is 33.0 Å². The lowest BCUT2D eigenvalue weighted by Gasteiger charge is -2.41. The molecule has 0 radical (unpaired) electrons. The van der Waals surface area contributed by atoms with Gasteiger partial charge in [-0.2, -0.15) is 0 Å². The molecule has 1 fully saturated rings. The predicted octanol–water partition coefficient (Wildman–Crippen LogP) is 1.22. The lowest BCUT2D eigenvalue weighted by atomic mass is 9.97. The first-order chi connectivity index (χ1) is 5.83. The molecular weight excluding hydrogens is 156 g/mol. The van der Waals surface area contributed by atoms with Gasteiger partial charge in [-0.3, -0.25) is 0 Å². The molecule has 72 valence electrons. The highest BCUT2D eigenvalue weighted by Gasteiger charge is 2.38. The topological polar surface area (TPSA) is 27.7 Å². The summed E-state index contributed by atoms with van der Waals surface area (Å²) in [5.74, 6) is 0. The molecule has 0 bridgehead atoms. The molecular formula is C9H18O3. The zero-order valence-corrected chi connectivity index (χ0v) is 7.97. The van der Waals surface area contributed by atoms with Crippen molar-refractivity contribution in [3.63, 3.8) is 0 Å². The number of hydrogen-bond acceptors (Lipinski definition) is 3.